The molecule has 0 aliphatic heterocycles. The lowest BCUT2D eigenvalue weighted by atomic mass is 9.98. The van der Waals surface area contributed by atoms with Gasteiger partial charge >= 0.3 is 0 Å². The Kier molecular flexibility index (Phi) is 5.63. The van der Waals surface area contributed by atoms with E-state index in [1.165, 1.54) is 6.33 Å². The summed E-state index contributed by atoms with van der Waals surface area (Å²) in [5, 5.41) is 5.80. The Labute approximate surface area is 154 Å². The normalized spacial score (nSPS) is 12.3. The van der Waals surface area contributed by atoms with Gasteiger partial charge in [-0.05, 0) is 18.2 Å². The van der Waals surface area contributed by atoms with Crippen LogP contribution < -0.4 is 10.6 Å². The summed E-state index contributed by atoms with van der Waals surface area (Å²) < 4.78 is 0. The molecule has 2 aromatic rings. The highest BCUT2D eigenvalue weighted by molar-refractivity contribution is 6.04. The Morgan fingerprint density at radius 1 is 1.35 bits per heavy atom. The number of anilines is 1. The van der Waals surface area contributed by atoms with Gasteiger partial charge in [0.15, 0.2) is 5.78 Å². The zero-order chi connectivity index (χ0) is 18.4. The number of nitrogens with zero attached hydrogens (tertiary/aromatic N) is 3. The molecule has 7 heteroatoms. The maximum Gasteiger partial charge on any atom is 0.238 e. The van der Waals surface area contributed by atoms with Gasteiger partial charge in [-0.25, -0.2) is 9.97 Å². The summed E-state index contributed by atoms with van der Waals surface area (Å²) in [5.41, 5.74) is 6.48. The van der Waals surface area contributed by atoms with E-state index in [1.807, 2.05) is 6.08 Å². The second-order valence-electron chi connectivity index (χ2n) is 5.78. The molecule has 0 saturated carbocycles. The van der Waals surface area contributed by atoms with Crippen molar-refractivity contribution >= 4 is 23.0 Å². The first-order chi connectivity index (χ1) is 12.7. The Balaban J connectivity index is 0.00000196. The van der Waals surface area contributed by atoms with E-state index in [1.54, 1.807) is 31.5 Å². The fraction of sp³-hybridized carbons (Fsp3) is 0.263. The monoisotopic (exact) mass is 353 g/mol. The predicted octanol–water partition coefficient (Wildman–Crippen LogP) is 2.63. The molecule has 0 bridgehead atoms. The summed E-state index contributed by atoms with van der Waals surface area (Å²) in [7, 11) is 0. The van der Waals surface area contributed by atoms with Gasteiger partial charge in [0.1, 0.15) is 12.0 Å². The maximum absolute atomic E-state index is 12.3. The van der Waals surface area contributed by atoms with E-state index in [-0.39, 0.29) is 26.8 Å². The van der Waals surface area contributed by atoms with Gasteiger partial charge in [-0.3, -0.25) is 14.6 Å². The van der Waals surface area contributed by atoms with Crippen molar-refractivity contribution in [3.05, 3.63) is 59.6 Å². The summed E-state index contributed by atoms with van der Waals surface area (Å²) >= 11 is 0. The molecule has 0 unspecified atom stereocenters. The van der Waals surface area contributed by atoms with E-state index in [0.717, 1.165) is 23.3 Å². The minimum atomic E-state index is -0.249. The molecular weight excluding hydrogens is 330 g/mol. The largest absolute Gasteiger partial charge is 0.323 e. The predicted molar refractivity (Wildman–Crippen MR) is 102 cm³/mol. The summed E-state index contributed by atoms with van der Waals surface area (Å²) in [6, 6.07) is 3.56. The standard InChI is InChI=1S/C19H19N5O2.2H2/c1-2-17(25)19-16(8-14(9-22-19)13-4-3-5-13)24-18(26)11-21-10-15-6-7-20-12-23-15;;/h3,6-9,12,21H,2,4,10-11H2,1H3,(H,24,26);2*1H. The number of carbonyl (C=O) groups excluding carboxylic acids is 2. The molecule has 0 saturated heterocycles. The lowest BCUT2D eigenvalue weighted by Crippen LogP contribution is -2.28. The Bertz CT molecular complexity index is 896. The number of nitrogens with one attached hydrogen (secondary N) is 2. The van der Waals surface area contributed by atoms with Crippen LogP contribution in [-0.2, 0) is 11.3 Å². The second-order valence-corrected chi connectivity index (χ2v) is 5.78. The van der Waals surface area contributed by atoms with Crippen molar-refractivity contribution in [2.45, 2.75) is 26.3 Å². The molecule has 7 nitrogen and oxygen atoms in total. The smallest absolute Gasteiger partial charge is 0.238 e. The van der Waals surface area contributed by atoms with Gasteiger partial charge in [0, 0.05) is 45.8 Å². The fourth-order valence-corrected chi connectivity index (χ4v) is 2.44. The molecule has 2 N–H and O–H groups in total. The minimum absolute atomic E-state index is 0. The quantitative estimate of drug-likeness (QED) is 0.559. The molecule has 0 aromatic carbocycles. The summed E-state index contributed by atoms with van der Waals surface area (Å²) in [5.74, 6) is -0.361. The second kappa shape index (κ2) is 8.29. The summed E-state index contributed by atoms with van der Waals surface area (Å²) in [4.78, 5) is 36.5. The van der Waals surface area contributed by atoms with Crippen LogP contribution >= 0.6 is 0 Å². The molecule has 0 spiro atoms. The SMILES string of the molecule is CCC(=O)c1ncc(C2=C=CC2)cc1NC(=O)CNCc1ccncn1.[HH].[HH]. The number of Topliss-reactive ketones (excluding diaryl/α,β-unsaturated/α-hetero) is 1. The number of rotatable bonds is 8. The number of amides is 1. The molecule has 2 heterocycles. The fourth-order valence-electron chi connectivity index (χ4n) is 2.44. The van der Waals surface area contributed by atoms with E-state index in [0.29, 0.717) is 18.7 Å². The molecule has 1 amide bonds. The van der Waals surface area contributed by atoms with Crippen LogP contribution in [0.4, 0.5) is 5.69 Å². The first-order valence-electron chi connectivity index (χ1n) is 8.40. The molecule has 0 radical (unpaired) electrons. The van der Waals surface area contributed by atoms with E-state index < -0.39 is 0 Å². The number of pyridine rings is 1. The highest BCUT2D eigenvalue weighted by Gasteiger charge is 2.16. The molecule has 26 heavy (non-hydrogen) atoms. The molecule has 3 rings (SSSR count). The van der Waals surface area contributed by atoms with Crippen LogP contribution in [0.5, 0.6) is 0 Å². The number of allylic oxidation sites excluding steroid dienone is 1. The first-order valence-corrected chi connectivity index (χ1v) is 8.40. The highest BCUT2D eigenvalue weighted by atomic mass is 16.2. The van der Waals surface area contributed by atoms with Crippen molar-refractivity contribution in [2.24, 2.45) is 0 Å². The molecule has 0 fully saturated rings. The zero-order valence-corrected chi connectivity index (χ0v) is 14.5. The third-order valence-electron chi connectivity index (χ3n) is 3.91. The van der Waals surface area contributed by atoms with Crippen LogP contribution in [0.1, 0.15) is 44.4 Å². The van der Waals surface area contributed by atoms with Crippen molar-refractivity contribution in [1.29, 1.82) is 0 Å². The molecule has 1 aliphatic carbocycles. The highest BCUT2D eigenvalue weighted by Crippen LogP contribution is 2.26. The molecule has 1 aliphatic rings. The molecular formula is C19H23N5O2. The average molecular weight is 353 g/mol. The van der Waals surface area contributed by atoms with Crippen molar-refractivity contribution in [2.75, 3.05) is 11.9 Å². The van der Waals surface area contributed by atoms with Crippen LogP contribution in [-0.4, -0.2) is 33.2 Å². The number of hydrogen-bond donors (Lipinski definition) is 2. The van der Waals surface area contributed by atoms with Crippen molar-refractivity contribution < 1.29 is 12.4 Å². The number of aromatic nitrogens is 3. The zero-order valence-electron chi connectivity index (χ0n) is 14.5. The van der Waals surface area contributed by atoms with E-state index in [2.05, 4.69) is 31.3 Å². The lowest BCUT2D eigenvalue weighted by Gasteiger charge is -2.13. The Hall–Kier alpha value is -3.15. The van der Waals surface area contributed by atoms with Gasteiger partial charge < -0.3 is 10.6 Å². The molecule has 0 atom stereocenters. The maximum atomic E-state index is 12.3. The van der Waals surface area contributed by atoms with E-state index in [9.17, 15) is 9.59 Å². The molecule has 2 aromatic heterocycles. The van der Waals surface area contributed by atoms with Gasteiger partial charge in [0.25, 0.3) is 0 Å². The third-order valence-corrected chi connectivity index (χ3v) is 3.91. The number of hydrogen-bond acceptors (Lipinski definition) is 6. The molecule has 136 valence electrons. The van der Waals surface area contributed by atoms with Gasteiger partial charge in [0.05, 0.1) is 17.9 Å². The van der Waals surface area contributed by atoms with Crippen molar-refractivity contribution in [1.82, 2.24) is 20.3 Å². The number of carbonyl (C=O) groups is 2. The van der Waals surface area contributed by atoms with Gasteiger partial charge in [-0.2, -0.15) is 0 Å². The van der Waals surface area contributed by atoms with Gasteiger partial charge in [0.2, 0.25) is 5.91 Å². The first kappa shape index (κ1) is 17.7. The topological polar surface area (TPSA) is 96.9 Å². The number of ketones is 1. The minimum Gasteiger partial charge on any atom is -0.323 e. The van der Waals surface area contributed by atoms with Crippen molar-refractivity contribution in [3.63, 3.8) is 0 Å². The Morgan fingerprint density at radius 3 is 2.85 bits per heavy atom. The van der Waals surface area contributed by atoms with E-state index >= 15 is 0 Å². The van der Waals surface area contributed by atoms with Crippen LogP contribution in [0.3, 0.4) is 0 Å². The summed E-state index contributed by atoms with van der Waals surface area (Å²) in [6.45, 7) is 2.31. The summed E-state index contributed by atoms with van der Waals surface area (Å²) in [6.07, 6.45) is 7.82. The van der Waals surface area contributed by atoms with Gasteiger partial charge in [-0.15, -0.1) is 5.73 Å². The van der Waals surface area contributed by atoms with Crippen LogP contribution in [0.25, 0.3) is 5.57 Å². The third kappa shape index (κ3) is 4.27. The average Bonchev–Trinajstić information content (AvgIpc) is 2.61. The Morgan fingerprint density at radius 2 is 2.19 bits per heavy atom. The van der Waals surface area contributed by atoms with Crippen LogP contribution in [0, 0.1) is 0 Å². The van der Waals surface area contributed by atoms with Gasteiger partial charge in [-0.1, -0.05) is 6.92 Å². The van der Waals surface area contributed by atoms with E-state index in [4.69, 9.17) is 0 Å². The van der Waals surface area contributed by atoms with Crippen LogP contribution in [0.15, 0.2) is 42.7 Å². The lowest BCUT2D eigenvalue weighted by molar-refractivity contribution is -0.115. The van der Waals surface area contributed by atoms with Crippen molar-refractivity contribution in [3.8, 4) is 0 Å². The van der Waals surface area contributed by atoms with Crippen LogP contribution in [0.2, 0.25) is 0 Å².